The Labute approximate surface area is 162 Å². The Balaban J connectivity index is 1.89. The summed E-state index contributed by atoms with van der Waals surface area (Å²) in [6.07, 6.45) is 0.114. The van der Waals surface area contributed by atoms with Crippen molar-refractivity contribution in [1.29, 1.82) is 0 Å². The van der Waals surface area contributed by atoms with E-state index in [2.05, 4.69) is 24.0 Å². The van der Waals surface area contributed by atoms with Gasteiger partial charge in [0.1, 0.15) is 11.1 Å². The minimum atomic E-state index is -0.853. The molecule has 7 heteroatoms. The number of benzene rings is 2. The van der Waals surface area contributed by atoms with Gasteiger partial charge in [-0.1, -0.05) is 19.1 Å². The molecule has 0 spiro atoms. The minimum Gasteiger partial charge on any atom is -0.464 e. The number of aryl methyl sites for hydroxylation is 1. The third-order valence-corrected chi connectivity index (χ3v) is 5.13. The SMILES string of the molecule is CCc1ccc2nc(C(O)c3ccc(OCOC)c(OCOC)c3)sc2c1. The number of thiazole rings is 1. The molecular formula is C20H23NO5S. The standard InChI is InChI=1S/C20H23NO5S/c1-4-13-5-7-15-18(9-13)27-20(21-15)19(22)14-6-8-16(25-11-23-2)17(10-14)26-12-24-3/h5-10,19,22H,4,11-12H2,1-3H3. The maximum atomic E-state index is 10.8. The van der Waals surface area contributed by atoms with Crippen molar-refractivity contribution in [1.82, 2.24) is 4.98 Å². The largest absolute Gasteiger partial charge is 0.464 e. The molecule has 3 aromatic rings. The van der Waals surface area contributed by atoms with Crippen molar-refractivity contribution in [2.24, 2.45) is 0 Å². The van der Waals surface area contributed by atoms with Gasteiger partial charge in [-0.15, -0.1) is 11.3 Å². The molecule has 2 aromatic carbocycles. The first-order valence-electron chi connectivity index (χ1n) is 8.61. The number of methoxy groups -OCH3 is 2. The molecule has 6 nitrogen and oxygen atoms in total. The average Bonchev–Trinajstić information content (AvgIpc) is 3.13. The Morgan fingerprint density at radius 3 is 2.44 bits per heavy atom. The number of fused-ring (bicyclic) bond motifs is 1. The lowest BCUT2D eigenvalue weighted by Gasteiger charge is -2.15. The molecule has 1 unspecified atom stereocenters. The molecule has 0 bridgehead atoms. The fourth-order valence-electron chi connectivity index (χ4n) is 2.64. The smallest absolute Gasteiger partial charge is 0.188 e. The van der Waals surface area contributed by atoms with Crippen LogP contribution in [0.1, 0.15) is 29.2 Å². The van der Waals surface area contributed by atoms with E-state index in [1.807, 2.05) is 6.07 Å². The van der Waals surface area contributed by atoms with Crippen LogP contribution >= 0.6 is 11.3 Å². The molecule has 0 aliphatic heterocycles. The van der Waals surface area contributed by atoms with E-state index >= 15 is 0 Å². The first-order valence-corrected chi connectivity index (χ1v) is 9.42. The molecule has 1 aromatic heterocycles. The molecule has 3 rings (SSSR count). The van der Waals surface area contributed by atoms with E-state index < -0.39 is 6.10 Å². The molecule has 0 radical (unpaired) electrons. The van der Waals surface area contributed by atoms with Gasteiger partial charge in [0, 0.05) is 14.2 Å². The topological polar surface area (TPSA) is 70.0 Å². The van der Waals surface area contributed by atoms with Crippen LogP contribution in [-0.2, 0) is 15.9 Å². The normalized spacial score (nSPS) is 12.3. The molecule has 1 N–H and O–H groups in total. The minimum absolute atomic E-state index is 0.0732. The number of aliphatic hydroxyl groups excluding tert-OH is 1. The van der Waals surface area contributed by atoms with Crippen molar-refractivity contribution in [2.75, 3.05) is 27.8 Å². The van der Waals surface area contributed by atoms with E-state index in [4.69, 9.17) is 18.9 Å². The van der Waals surface area contributed by atoms with Gasteiger partial charge in [0.05, 0.1) is 10.2 Å². The highest BCUT2D eigenvalue weighted by molar-refractivity contribution is 7.18. The number of aromatic nitrogens is 1. The number of ether oxygens (including phenoxy) is 4. The first-order chi connectivity index (χ1) is 13.2. The van der Waals surface area contributed by atoms with Crippen LogP contribution in [0.3, 0.4) is 0 Å². The molecule has 0 saturated heterocycles. The van der Waals surface area contributed by atoms with E-state index in [1.54, 1.807) is 32.4 Å². The summed E-state index contributed by atoms with van der Waals surface area (Å²) < 4.78 is 22.0. The van der Waals surface area contributed by atoms with Crippen LogP contribution in [0.5, 0.6) is 11.5 Å². The maximum Gasteiger partial charge on any atom is 0.188 e. The number of hydrogen-bond donors (Lipinski definition) is 1. The van der Waals surface area contributed by atoms with Gasteiger partial charge in [0.2, 0.25) is 0 Å². The predicted octanol–water partition coefficient (Wildman–Crippen LogP) is 3.91. The Kier molecular flexibility index (Phi) is 6.63. The van der Waals surface area contributed by atoms with Crippen LogP contribution in [0.2, 0.25) is 0 Å². The van der Waals surface area contributed by atoms with Crippen molar-refractivity contribution >= 4 is 21.6 Å². The molecule has 0 aliphatic carbocycles. The summed E-state index contributed by atoms with van der Waals surface area (Å²) in [5, 5.41) is 11.5. The second-order valence-corrected chi connectivity index (χ2v) is 6.98. The summed E-state index contributed by atoms with van der Waals surface area (Å²) in [4.78, 5) is 4.58. The molecule has 0 aliphatic rings. The van der Waals surface area contributed by atoms with E-state index in [9.17, 15) is 5.11 Å². The highest BCUT2D eigenvalue weighted by atomic mass is 32.1. The van der Waals surface area contributed by atoms with Crippen molar-refractivity contribution in [2.45, 2.75) is 19.4 Å². The Bertz CT molecular complexity index is 895. The summed E-state index contributed by atoms with van der Waals surface area (Å²) in [7, 11) is 3.09. The quantitative estimate of drug-likeness (QED) is 0.560. The van der Waals surface area contributed by atoms with Gasteiger partial charge in [-0.2, -0.15) is 0 Å². The molecule has 1 atom stereocenters. The Hall–Kier alpha value is -2.19. The molecule has 144 valence electrons. The Morgan fingerprint density at radius 1 is 1.00 bits per heavy atom. The molecular weight excluding hydrogens is 366 g/mol. The van der Waals surface area contributed by atoms with Gasteiger partial charge in [-0.3, -0.25) is 0 Å². The van der Waals surface area contributed by atoms with E-state index in [-0.39, 0.29) is 13.6 Å². The van der Waals surface area contributed by atoms with Crippen LogP contribution in [0.25, 0.3) is 10.2 Å². The predicted molar refractivity (Wildman–Crippen MR) is 105 cm³/mol. The van der Waals surface area contributed by atoms with Crippen LogP contribution in [0.4, 0.5) is 0 Å². The van der Waals surface area contributed by atoms with Crippen LogP contribution in [-0.4, -0.2) is 37.9 Å². The molecule has 1 heterocycles. The summed E-state index contributed by atoms with van der Waals surface area (Å²) in [5.41, 5.74) is 2.81. The maximum absolute atomic E-state index is 10.8. The molecule has 27 heavy (non-hydrogen) atoms. The average molecular weight is 389 g/mol. The first kappa shape index (κ1) is 19.6. The zero-order chi connectivity index (χ0) is 19.2. The van der Waals surface area contributed by atoms with Gasteiger partial charge in [0.15, 0.2) is 25.1 Å². The van der Waals surface area contributed by atoms with Gasteiger partial charge in [0.25, 0.3) is 0 Å². The molecule has 0 fully saturated rings. The van der Waals surface area contributed by atoms with E-state index in [0.29, 0.717) is 22.1 Å². The lowest BCUT2D eigenvalue weighted by molar-refractivity contribution is 0.0321. The highest BCUT2D eigenvalue weighted by Gasteiger charge is 2.18. The summed E-state index contributed by atoms with van der Waals surface area (Å²) in [5.74, 6) is 0.988. The summed E-state index contributed by atoms with van der Waals surface area (Å²) >= 11 is 1.49. The fourth-order valence-corrected chi connectivity index (χ4v) is 3.68. The Morgan fingerprint density at radius 2 is 1.74 bits per heavy atom. The zero-order valence-corrected chi connectivity index (χ0v) is 16.4. The van der Waals surface area contributed by atoms with Crippen LogP contribution in [0.15, 0.2) is 36.4 Å². The highest BCUT2D eigenvalue weighted by Crippen LogP contribution is 2.35. The van der Waals surface area contributed by atoms with Gasteiger partial charge in [-0.05, 0) is 41.8 Å². The lowest BCUT2D eigenvalue weighted by Crippen LogP contribution is -2.06. The fraction of sp³-hybridized carbons (Fsp3) is 0.350. The van der Waals surface area contributed by atoms with E-state index in [1.165, 1.54) is 16.9 Å². The second-order valence-electron chi connectivity index (χ2n) is 5.92. The van der Waals surface area contributed by atoms with Crippen LogP contribution in [0, 0.1) is 0 Å². The monoisotopic (exact) mass is 389 g/mol. The number of aliphatic hydroxyl groups is 1. The zero-order valence-electron chi connectivity index (χ0n) is 15.6. The van der Waals surface area contributed by atoms with Gasteiger partial charge < -0.3 is 24.1 Å². The molecule has 0 amide bonds. The lowest BCUT2D eigenvalue weighted by atomic mass is 10.1. The van der Waals surface area contributed by atoms with Crippen LogP contribution < -0.4 is 9.47 Å². The number of nitrogens with zero attached hydrogens (tertiary/aromatic N) is 1. The molecule has 0 saturated carbocycles. The number of rotatable bonds is 9. The van der Waals surface area contributed by atoms with Gasteiger partial charge in [-0.25, -0.2) is 4.98 Å². The van der Waals surface area contributed by atoms with Crippen molar-refractivity contribution < 1.29 is 24.1 Å². The van der Waals surface area contributed by atoms with Crippen molar-refractivity contribution in [3.05, 3.63) is 52.5 Å². The van der Waals surface area contributed by atoms with E-state index in [0.717, 1.165) is 16.6 Å². The summed E-state index contributed by atoms with van der Waals surface area (Å²) in [6.45, 7) is 2.29. The van der Waals surface area contributed by atoms with Crippen molar-refractivity contribution in [3.8, 4) is 11.5 Å². The third-order valence-electron chi connectivity index (χ3n) is 4.06. The number of hydrogen-bond acceptors (Lipinski definition) is 7. The second kappa shape index (κ2) is 9.14. The van der Waals surface area contributed by atoms with Crippen molar-refractivity contribution in [3.63, 3.8) is 0 Å². The summed E-state index contributed by atoms with van der Waals surface area (Å²) in [6, 6.07) is 11.5. The third kappa shape index (κ3) is 4.56. The van der Waals surface area contributed by atoms with Gasteiger partial charge >= 0.3 is 0 Å².